The Bertz CT molecular complexity index is 540. The molecule has 100 valence electrons. The van der Waals surface area contributed by atoms with E-state index in [1.54, 1.807) is 0 Å². The fourth-order valence-electron chi connectivity index (χ4n) is 2.91. The summed E-state index contributed by atoms with van der Waals surface area (Å²) in [5, 5.41) is 13.6. The topological polar surface area (TPSA) is 20.2 Å². The molecule has 1 nitrogen and oxygen atoms in total. The molecule has 1 saturated carbocycles. The molecule has 1 atom stereocenters. The van der Waals surface area contributed by atoms with E-state index in [0.717, 1.165) is 16.6 Å². The van der Waals surface area contributed by atoms with E-state index >= 15 is 0 Å². The summed E-state index contributed by atoms with van der Waals surface area (Å²) >= 11 is 1.95. The fraction of sp³-hybridized carbons (Fsp3) is 0.412. The van der Waals surface area contributed by atoms with Crippen molar-refractivity contribution < 1.29 is 5.11 Å². The van der Waals surface area contributed by atoms with Crippen LogP contribution in [0.2, 0.25) is 0 Å². The third-order valence-corrected chi connectivity index (χ3v) is 5.43. The molecule has 1 N–H and O–H groups in total. The van der Waals surface area contributed by atoms with E-state index in [1.807, 2.05) is 30.0 Å². The smallest absolute Gasteiger partial charge is 0.0886 e. The second-order valence-electron chi connectivity index (χ2n) is 5.32. The van der Waals surface area contributed by atoms with E-state index in [4.69, 9.17) is 0 Å². The summed E-state index contributed by atoms with van der Waals surface area (Å²) in [6.45, 7) is 0. The van der Waals surface area contributed by atoms with E-state index in [-0.39, 0.29) is 6.10 Å². The minimum atomic E-state index is -0.350. The van der Waals surface area contributed by atoms with Crippen LogP contribution in [0.1, 0.15) is 37.4 Å². The molecule has 1 aliphatic rings. The Morgan fingerprint density at radius 1 is 1.05 bits per heavy atom. The molecule has 0 bridgehead atoms. The quantitative estimate of drug-likeness (QED) is 0.881. The number of rotatable bonds is 4. The van der Waals surface area contributed by atoms with Crippen molar-refractivity contribution in [3.8, 4) is 0 Å². The normalized spacial score (nSPS) is 17.9. The van der Waals surface area contributed by atoms with Gasteiger partial charge in [-0.25, -0.2) is 0 Å². The maximum atomic E-state index is 10.5. The van der Waals surface area contributed by atoms with Crippen molar-refractivity contribution in [3.05, 3.63) is 48.0 Å². The Morgan fingerprint density at radius 2 is 1.79 bits per heavy atom. The molecule has 0 amide bonds. The molecule has 2 aromatic carbocycles. The largest absolute Gasteiger partial charge is 0.388 e. The molecule has 2 aromatic rings. The van der Waals surface area contributed by atoms with Crippen LogP contribution in [0.25, 0.3) is 10.8 Å². The van der Waals surface area contributed by atoms with Crippen molar-refractivity contribution >= 4 is 22.5 Å². The highest BCUT2D eigenvalue weighted by atomic mass is 32.2. The van der Waals surface area contributed by atoms with Crippen molar-refractivity contribution in [2.24, 2.45) is 0 Å². The van der Waals surface area contributed by atoms with E-state index in [1.165, 1.54) is 36.5 Å². The number of hydrogen-bond donors (Lipinski definition) is 1. The summed E-state index contributed by atoms with van der Waals surface area (Å²) in [4.78, 5) is 0. The predicted molar refractivity (Wildman–Crippen MR) is 83.6 cm³/mol. The number of benzene rings is 2. The molecule has 0 spiro atoms. The zero-order chi connectivity index (χ0) is 13.1. The lowest BCUT2D eigenvalue weighted by molar-refractivity contribution is 0.205. The van der Waals surface area contributed by atoms with Crippen LogP contribution in [0.5, 0.6) is 0 Å². The highest BCUT2D eigenvalue weighted by molar-refractivity contribution is 7.99. The first kappa shape index (κ1) is 13.0. The molecule has 0 heterocycles. The highest BCUT2D eigenvalue weighted by Gasteiger charge is 2.18. The standard InChI is InChI=1S/C17H20OS/c18-17(12-19-14-8-2-3-9-14)16-11-5-7-13-6-1-4-10-15(13)16/h1,4-7,10-11,14,17-18H,2-3,8-9,12H2. The maximum Gasteiger partial charge on any atom is 0.0886 e. The van der Waals surface area contributed by atoms with Gasteiger partial charge in [-0.2, -0.15) is 11.8 Å². The van der Waals surface area contributed by atoms with Crippen LogP contribution < -0.4 is 0 Å². The molecule has 1 unspecified atom stereocenters. The van der Waals surface area contributed by atoms with Gasteiger partial charge in [0.25, 0.3) is 0 Å². The summed E-state index contributed by atoms with van der Waals surface area (Å²) in [6, 6.07) is 14.5. The molecule has 3 rings (SSSR count). The van der Waals surface area contributed by atoms with Gasteiger partial charge in [0.1, 0.15) is 0 Å². The Hall–Kier alpha value is -0.990. The van der Waals surface area contributed by atoms with Gasteiger partial charge in [0.15, 0.2) is 0 Å². The molecule has 19 heavy (non-hydrogen) atoms. The van der Waals surface area contributed by atoms with Gasteiger partial charge in [-0.15, -0.1) is 0 Å². The minimum absolute atomic E-state index is 0.350. The SMILES string of the molecule is OC(CSC1CCCC1)c1cccc2ccccc12. The zero-order valence-corrected chi connectivity index (χ0v) is 11.9. The zero-order valence-electron chi connectivity index (χ0n) is 11.1. The Kier molecular flexibility index (Phi) is 4.09. The van der Waals surface area contributed by atoms with Crippen molar-refractivity contribution in [3.63, 3.8) is 0 Å². The minimum Gasteiger partial charge on any atom is -0.388 e. The summed E-state index contributed by atoms with van der Waals surface area (Å²) in [7, 11) is 0. The number of fused-ring (bicyclic) bond motifs is 1. The Balaban J connectivity index is 1.75. The number of thioether (sulfide) groups is 1. The molecule has 1 aliphatic carbocycles. The predicted octanol–water partition coefficient (Wildman–Crippen LogP) is 4.55. The molecule has 0 aromatic heterocycles. The van der Waals surface area contributed by atoms with Gasteiger partial charge < -0.3 is 5.11 Å². The van der Waals surface area contributed by atoms with Gasteiger partial charge >= 0.3 is 0 Å². The Morgan fingerprint density at radius 3 is 2.63 bits per heavy atom. The van der Waals surface area contributed by atoms with Crippen molar-refractivity contribution in [2.45, 2.75) is 37.0 Å². The summed E-state index contributed by atoms with van der Waals surface area (Å²) < 4.78 is 0. The molecular formula is C17H20OS. The van der Waals surface area contributed by atoms with Gasteiger partial charge in [0.05, 0.1) is 6.10 Å². The van der Waals surface area contributed by atoms with Crippen LogP contribution in [0, 0.1) is 0 Å². The lowest BCUT2D eigenvalue weighted by atomic mass is 10.0. The molecule has 0 saturated heterocycles. The fourth-order valence-corrected chi connectivity index (χ4v) is 4.21. The van der Waals surface area contributed by atoms with Gasteiger partial charge in [-0.3, -0.25) is 0 Å². The summed E-state index contributed by atoms with van der Waals surface area (Å²) in [5.74, 6) is 0.818. The number of hydrogen-bond acceptors (Lipinski definition) is 2. The van der Waals surface area contributed by atoms with E-state index in [9.17, 15) is 5.11 Å². The maximum absolute atomic E-state index is 10.5. The first-order chi connectivity index (χ1) is 9.34. The van der Waals surface area contributed by atoms with Crippen LogP contribution in [0.4, 0.5) is 0 Å². The Labute approximate surface area is 119 Å². The average Bonchev–Trinajstić information content (AvgIpc) is 2.97. The van der Waals surface area contributed by atoms with Crippen molar-refractivity contribution in [1.82, 2.24) is 0 Å². The van der Waals surface area contributed by atoms with Crippen LogP contribution in [-0.2, 0) is 0 Å². The molecule has 2 heteroatoms. The van der Waals surface area contributed by atoms with Crippen LogP contribution >= 0.6 is 11.8 Å². The number of aliphatic hydroxyl groups excluding tert-OH is 1. The van der Waals surface area contributed by atoms with E-state index in [0.29, 0.717) is 0 Å². The lowest BCUT2D eigenvalue weighted by Gasteiger charge is -2.16. The summed E-state index contributed by atoms with van der Waals surface area (Å²) in [5.41, 5.74) is 1.07. The monoisotopic (exact) mass is 272 g/mol. The van der Waals surface area contributed by atoms with Crippen LogP contribution in [-0.4, -0.2) is 16.1 Å². The number of aliphatic hydroxyl groups is 1. The van der Waals surface area contributed by atoms with Crippen LogP contribution in [0.15, 0.2) is 42.5 Å². The van der Waals surface area contributed by atoms with Crippen LogP contribution in [0.3, 0.4) is 0 Å². The second kappa shape index (κ2) is 5.98. The first-order valence-electron chi connectivity index (χ1n) is 7.12. The second-order valence-corrected chi connectivity index (χ2v) is 6.66. The average molecular weight is 272 g/mol. The third-order valence-electron chi connectivity index (χ3n) is 3.97. The molecule has 0 aliphatic heterocycles. The summed E-state index contributed by atoms with van der Waals surface area (Å²) in [6.07, 6.45) is 5.03. The van der Waals surface area contributed by atoms with E-state index in [2.05, 4.69) is 24.3 Å². The van der Waals surface area contributed by atoms with E-state index < -0.39 is 0 Å². The third kappa shape index (κ3) is 2.96. The van der Waals surface area contributed by atoms with Gasteiger partial charge in [-0.1, -0.05) is 55.3 Å². The van der Waals surface area contributed by atoms with Crippen molar-refractivity contribution in [1.29, 1.82) is 0 Å². The first-order valence-corrected chi connectivity index (χ1v) is 8.17. The lowest BCUT2D eigenvalue weighted by Crippen LogP contribution is -2.05. The van der Waals surface area contributed by atoms with Gasteiger partial charge in [0.2, 0.25) is 0 Å². The van der Waals surface area contributed by atoms with Gasteiger partial charge in [0, 0.05) is 11.0 Å². The molecule has 0 radical (unpaired) electrons. The van der Waals surface area contributed by atoms with Gasteiger partial charge in [-0.05, 0) is 29.2 Å². The molecular weight excluding hydrogens is 252 g/mol. The van der Waals surface area contributed by atoms with Crippen molar-refractivity contribution in [2.75, 3.05) is 5.75 Å². The molecule has 1 fully saturated rings. The highest BCUT2D eigenvalue weighted by Crippen LogP contribution is 2.33.